The molecule has 7 heteroatoms. The van der Waals surface area contributed by atoms with Crippen LogP contribution in [0.4, 0.5) is 0 Å². The molecule has 0 aliphatic carbocycles. The van der Waals surface area contributed by atoms with Crippen LogP contribution in [0, 0.1) is 0 Å². The number of hydrogen-bond donors (Lipinski definition) is 3. The highest BCUT2D eigenvalue weighted by molar-refractivity contribution is 9.10. The van der Waals surface area contributed by atoms with Gasteiger partial charge in [0.25, 0.3) is 0 Å². The molecule has 0 radical (unpaired) electrons. The van der Waals surface area contributed by atoms with Crippen molar-refractivity contribution >= 4 is 21.9 Å². The number of hydrogen-bond acceptors (Lipinski definition) is 5. The first-order valence-corrected chi connectivity index (χ1v) is 5.35. The van der Waals surface area contributed by atoms with E-state index < -0.39 is 12.0 Å². The van der Waals surface area contributed by atoms with E-state index in [2.05, 4.69) is 15.9 Å². The Morgan fingerprint density at radius 3 is 2.47 bits per heavy atom. The van der Waals surface area contributed by atoms with Gasteiger partial charge in [0.1, 0.15) is 11.8 Å². The van der Waals surface area contributed by atoms with Gasteiger partial charge in [0.15, 0.2) is 11.5 Å². The molecule has 0 bridgehead atoms. The van der Waals surface area contributed by atoms with Crippen LogP contribution >= 0.6 is 15.9 Å². The molecule has 17 heavy (non-hydrogen) atoms. The van der Waals surface area contributed by atoms with Crippen molar-refractivity contribution in [2.75, 3.05) is 14.2 Å². The molecule has 6 nitrogen and oxygen atoms in total. The molecular weight excluding hydrogens is 294 g/mol. The topological polar surface area (TPSA) is 102 Å². The van der Waals surface area contributed by atoms with E-state index in [0.717, 1.165) is 0 Å². The Morgan fingerprint density at radius 2 is 2.06 bits per heavy atom. The Bertz CT molecular complexity index is 449. The number of carbonyl (C=O) groups is 1. The SMILES string of the molecule is COc1cc(O)c(C(N)C(=O)O)c(Br)c1OC. The van der Waals surface area contributed by atoms with Crippen LogP contribution in [0.1, 0.15) is 11.6 Å². The first-order chi connectivity index (χ1) is 7.93. The zero-order valence-corrected chi connectivity index (χ0v) is 10.8. The summed E-state index contributed by atoms with van der Waals surface area (Å²) in [4.78, 5) is 10.8. The van der Waals surface area contributed by atoms with Crippen molar-refractivity contribution in [3.05, 3.63) is 16.1 Å². The van der Waals surface area contributed by atoms with Crippen molar-refractivity contribution in [1.29, 1.82) is 0 Å². The molecule has 0 aliphatic rings. The van der Waals surface area contributed by atoms with Gasteiger partial charge in [0.05, 0.1) is 18.7 Å². The highest BCUT2D eigenvalue weighted by Crippen LogP contribution is 2.44. The third-order valence-corrected chi connectivity index (χ3v) is 2.99. The zero-order chi connectivity index (χ0) is 13.2. The Labute approximate surface area is 106 Å². The second kappa shape index (κ2) is 5.24. The normalized spacial score (nSPS) is 12.0. The molecule has 1 aromatic rings. The van der Waals surface area contributed by atoms with Gasteiger partial charge >= 0.3 is 5.97 Å². The number of nitrogens with two attached hydrogens (primary N) is 1. The minimum Gasteiger partial charge on any atom is -0.507 e. The number of rotatable bonds is 4. The van der Waals surface area contributed by atoms with Gasteiger partial charge in [-0.05, 0) is 15.9 Å². The smallest absolute Gasteiger partial charge is 0.325 e. The third kappa shape index (κ3) is 2.45. The molecule has 0 spiro atoms. The number of ether oxygens (including phenoxy) is 2. The summed E-state index contributed by atoms with van der Waals surface area (Å²) in [5, 5.41) is 18.6. The molecule has 0 fully saturated rings. The van der Waals surface area contributed by atoms with E-state index in [1.807, 2.05) is 0 Å². The molecule has 1 unspecified atom stereocenters. The van der Waals surface area contributed by atoms with Gasteiger partial charge in [0.2, 0.25) is 0 Å². The molecule has 0 amide bonds. The first-order valence-electron chi connectivity index (χ1n) is 4.55. The number of carboxylic acid groups (broad SMARTS) is 1. The van der Waals surface area contributed by atoms with E-state index in [1.54, 1.807) is 0 Å². The monoisotopic (exact) mass is 305 g/mol. The molecular formula is C10H12BrNO5. The Kier molecular flexibility index (Phi) is 4.19. The number of benzene rings is 1. The lowest BCUT2D eigenvalue weighted by Gasteiger charge is -2.16. The van der Waals surface area contributed by atoms with Crippen molar-refractivity contribution in [3.63, 3.8) is 0 Å². The molecule has 0 aliphatic heterocycles. The van der Waals surface area contributed by atoms with Crippen LogP contribution in [0.25, 0.3) is 0 Å². The molecule has 1 rings (SSSR count). The summed E-state index contributed by atoms with van der Waals surface area (Å²) in [6.45, 7) is 0. The van der Waals surface area contributed by atoms with Crippen molar-refractivity contribution in [3.8, 4) is 17.2 Å². The summed E-state index contributed by atoms with van der Waals surface area (Å²) in [6, 6.07) is -0.106. The highest BCUT2D eigenvalue weighted by atomic mass is 79.9. The molecule has 0 heterocycles. The largest absolute Gasteiger partial charge is 0.507 e. The molecule has 94 valence electrons. The van der Waals surface area contributed by atoms with Crippen molar-refractivity contribution in [2.45, 2.75) is 6.04 Å². The van der Waals surface area contributed by atoms with Crippen LogP contribution in [0.5, 0.6) is 17.2 Å². The molecule has 1 atom stereocenters. The number of aromatic hydroxyl groups is 1. The maximum Gasteiger partial charge on any atom is 0.325 e. The predicted octanol–water partition coefficient (Wildman–Crippen LogP) is 1.26. The average Bonchev–Trinajstić information content (AvgIpc) is 2.27. The highest BCUT2D eigenvalue weighted by Gasteiger charge is 2.26. The van der Waals surface area contributed by atoms with Crippen LogP contribution in [0.15, 0.2) is 10.5 Å². The zero-order valence-electron chi connectivity index (χ0n) is 9.23. The lowest BCUT2D eigenvalue weighted by atomic mass is 10.1. The van der Waals surface area contributed by atoms with E-state index in [9.17, 15) is 9.90 Å². The minimum atomic E-state index is -1.36. The van der Waals surface area contributed by atoms with Crippen LogP contribution in [-0.2, 0) is 4.79 Å². The number of halogens is 1. The molecule has 4 N–H and O–H groups in total. The van der Waals surface area contributed by atoms with E-state index in [4.69, 9.17) is 20.3 Å². The Morgan fingerprint density at radius 1 is 1.47 bits per heavy atom. The van der Waals surface area contributed by atoms with Gasteiger partial charge in [-0.25, -0.2) is 0 Å². The lowest BCUT2D eigenvalue weighted by molar-refractivity contribution is -0.138. The van der Waals surface area contributed by atoms with Crippen molar-refractivity contribution in [1.82, 2.24) is 0 Å². The standard InChI is InChI=1S/C10H12BrNO5/c1-16-5-3-4(13)6(8(12)10(14)15)7(11)9(5)17-2/h3,8,13H,12H2,1-2H3,(H,14,15). The fourth-order valence-corrected chi connectivity index (χ4v) is 2.18. The van der Waals surface area contributed by atoms with Crippen LogP contribution in [0.2, 0.25) is 0 Å². The number of phenols is 1. The quantitative estimate of drug-likeness (QED) is 0.774. The maximum absolute atomic E-state index is 10.8. The van der Waals surface area contributed by atoms with E-state index in [0.29, 0.717) is 0 Å². The second-order valence-electron chi connectivity index (χ2n) is 3.17. The Balaban J connectivity index is 3.47. The predicted molar refractivity (Wildman–Crippen MR) is 63.5 cm³/mol. The molecule has 0 aromatic heterocycles. The van der Waals surface area contributed by atoms with Gasteiger partial charge in [-0.1, -0.05) is 0 Å². The van der Waals surface area contributed by atoms with Gasteiger partial charge in [-0.2, -0.15) is 0 Å². The summed E-state index contributed by atoms with van der Waals surface area (Å²) in [7, 11) is 2.80. The Hall–Kier alpha value is -1.47. The summed E-state index contributed by atoms with van der Waals surface area (Å²) in [6.07, 6.45) is 0. The van der Waals surface area contributed by atoms with Crippen LogP contribution in [-0.4, -0.2) is 30.4 Å². The number of phenolic OH excluding ortho intramolecular Hbond substituents is 1. The minimum absolute atomic E-state index is 0.0372. The maximum atomic E-state index is 10.8. The third-order valence-electron chi connectivity index (χ3n) is 2.20. The summed E-state index contributed by atoms with van der Waals surface area (Å²) in [5.41, 5.74) is 5.51. The summed E-state index contributed by atoms with van der Waals surface area (Å²) >= 11 is 3.14. The number of carboxylic acids is 1. The molecule has 1 aromatic carbocycles. The van der Waals surface area contributed by atoms with Crippen LogP contribution < -0.4 is 15.2 Å². The van der Waals surface area contributed by atoms with Crippen LogP contribution in [0.3, 0.4) is 0 Å². The second-order valence-corrected chi connectivity index (χ2v) is 3.97. The number of aliphatic carboxylic acids is 1. The van der Waals surface area contributed by atoms with Crippen molar-refractivity contribution < 1.29 is 24.5 Å². The average molecular weight is 306 g/mol. The lowest BCUT2D eigenvalue weighted by Crippen LogP contribution is -2.21. The summed E-state index contributed by atoms with van der Waals surface area (Å²) in [5.74, 6) is -0.979. The van der Waals surface area contributed by atoms with Gasteiger partial charge in [-0.15, -0.1) is 0 Å². The molecule has 0 saturated carbocycles. The van der Waals surface area contributed by atoms with Gasteiger partial charge < -0.3 is 25.4 Å². The molecule has 0 saturated heterocycles. The van der Waals surface area contributed by atoms with E-state index in [-0.39, 0.29) is 27.3 Å². The number of methoxy groups -OCH3 is 2. The van der Waals surface area contributed by atoms with Gasteiger partial charge in [0, 0.05) is 11.6 Å². The summed E-state index contributed by atoms with van der Waals surface area (Å²) < 4.78 is 10.3. The van der Waals surface area contributed by atoms with E-state index in [1.165, 1.54) is 20.3 Å². The fraction of sp³-hybridized carbons (Fsp3) is 0.300. The van der Waals surface area contributed by atoms with E-state index >= 15 is 0 Å². The first kappa shape index (κ1) is 13.6. The van der Waals surface area contributed by atoms with Gasteiger partial charge in [-0.3, -0.25) is 4.79 Å². The fourth-order valence-electron chi connectivity index (χ4n) is 1.37. The van der Waals surface area contributed by atoms with Crippen molar-refractivity contribution in [2.24, 2.45) is 5.73 Å².